The number of hydrogen-bond acceptors (Lipinski definition) is 5. The third-order valence-corrected chi connectivity index (χ3v) is 7.05. The van der Waals surface area contributed by atoms with Gasteiger partial charge in [0.25, 0.3) is 5.91 Å². The fourth-order valence-electron chi connectivity index (χ4n) is 4.36. The molecule has 0 bridgehead atoms. The minimum Gasteiger partial charge on any atom is -0.485 e. The van der Waals surface area contributed by atoms with E-state index < -0.39 is 24.2 Å². The number of hydrogen-bond donors (Lipinski definition) is 3. The van der Waals surface area contributed by atoms with Crippen LogP contribution < -0.4 is 14.8 Å². The van der Waals surface area contributed by atoms with Crippen LogP contribution in [0.15, 0.2) is 54.6 Å². The zero-order chi connectivity index (χ0) is 26.3. The number of anilines is 1. The molecule has 9 nitrogen and oxygen atoms in total. The first kappa shape index (κ1) is 24.7. The maximum absolute atomic E-state index is 12.5. The molecular weight excluding hydrogens is 523 g/mol. The highest BCUT2D eigenvalue weighted by Gasteiger charge is 2.36. The topological polar surface area (TPSA) is 125 Å². The van der Waals surface area contributed by atoms with Crippen molar-refractivity contribution in [2.75, 3.05) is 11.9 Å². The average Bonchev–Trinajstić information content (AvgIpc) is 2.88. The van der Waals surface area contributed by atoms with Crippen LogP contribution in [0.2, 0.25) is 10.0 Å². The van der Waals surface area contributed by atoms with E-state index in [4.69, 9.17) is 32.7 Å². The van der Waals surface area contributed by atoms with E-state index in [0.29, 0.717) is 38.9 Å². The Bertz CT molecular complexity index is 1410. The van der Waals surface area contributed by atoms with Gasteiger partial charge in [-0.25, -0.2) is 9.59 Å². The molecule has 3 aromatic rings. The molecule has 0 saturated heterocycles. The summed E-state index contributed by atoms with van der Waals surface area (Å²) in [6, 6.07) is 14.0. The maximum atomic E-state index is 12.5. The number of benzene rings is 3. The summed E-state index contributed by atoms with van der Waals surface area (Å²) in [7, 11) is 0. The molecule has 2 aliphatic rings. The first-order valence-electron chi connectivity index (χ1n) is 11.2. The Morgan fingerprint density at radius 2 is 1.65 bits per heavy atom. The average molecular weight is 543 g/mol. The largest absolute Gasteiger partial charge is 0.485 e. The molecule has 0 saturated carbocycles. The van der Waals surface area contributed by atoms with Gasteiger partial charge in [-0.1, -0.05) is 35.3 Å². The van der Waals surface area contributed by atoms with Crippen molar-refractivity contribution in [2.45, 2.75) is 25.1 Å². The van der Waals surface area contributed by atoms with Crippen molar-refractivity contribution < 1.29 is 34.1 Å². The van der Waals surface area contributed by atoms with E-state index in [1.807, 2.05) is 12.1 Å². The number of nitrogens with one attached hydrogen (secondary N) is 1. The fourth-order valence-corrected chi connectivity index (χ4v) is 4.66. The van der Waals surface area contributed by atoms with Gasteiger partial charge >= 0.3 is 12.1 Å². The molecule has 0 aliphatic carbocycles. The number of carbonyl (C=O) groups excluding carboxylic acids is 1. The Balaban J connectivity index is 1.29. The lowest BCUT2D eigenvalue weighted by molar-refractivity contribution is -0.143. The number of rotatable bonds is 4. The van der Waals surface area contributed by atoms with Crippen LogP contribution in [0.4, 0.5) is 10.5 Å². The number of aliphatic carboxylic acids is 1. The van der Waals surface area contributed by atoms with Gasteiger partial charge in [0.05, 0.1) is 16.6 Å². The van der Waals surface area contributed by atoms with Gasteiger partial charge < -0.3 is 25.0 Å². The van der Waals surface area contributed by atoms with Crippen LogP contribution in [0.1, 0.15) is 33.2 Å². The molecule has 2 heterocycles. The van der Waals surface area contributed by atoms with Gasteiger partial charge in [0.15, 0.2) is 17.6 Å². The lowest BCUT2D eigenvalue weighted by Crippen LogP contribution is -2.48. The Morgan fingerprint density at radius 3 is 2.32 bits per heavy atom. The summed E-state index contributed by atoms with van der Waals surface area (Å²) >= 11 is 11.9. The summed E-state index contributed by atoms with van der Waals surface area (Å²) in [5.74, 6) is -0.595. The smallest absolute Gasteiger partial charge is 0.408 e. The van der Waals surface area contributed by atoms with Gasteiger partial charge in [-0.15, -0.1) is 0 Å². The zero-order valence-electron chi connectivity index (χ0n) is 19.1. The Kier molecular flexibility index (Phi) is 6.57. The van der Waals surface area contributed by atoms with E-state index >= 15 is 0 Å². The minimum atomic E-state index is -1.29. The minimum absolute atomic E-state index is 0.0481. The summed E-state index contributed by atoms with van der Waals surface area (Å²) in [5, 5.41) is 22.3. The number of amides is 2. The van der Waals surface area contributed by atoms with Gasteiger partial charge in [0, 0.05) is 17.7 Å². The van der Waals surface area contributed by atoms with Crippen LogP contribution in [-0.2, 0) is 17.8 Å². The molecular formula is C26H20Cl2N2O7. The molecule has 37 heavy (non-hydrogen) atoms. The van der Waals surface area contributed by atoms with Gasteiger partial charge in [-0.2, -0.15) is 0 Å². The van der Waals surface area contributed by atoms with Gasteiger partial charge in [-0.05, 0) is 59.2 Å². The Morgan fingerprint density at radius 1 is 0.919 bits per heavy atom. The highest BCUT2D eigenvalue weighted by Crippen LogP contribution is 2.40. The molecule has 3 N–H and O–H groups in total. The normalized spacial score (nSPS) is 18.1. The molecule has 0 fully saturated rings. The molecule has 1 unspecified atom stereocenters. The molecule has 2 aliphatic heterocycles. The lowest BCUT2D eigenvalue weighted by atomic mass is 9.93. The monoisotopic (exact) mass is 542 g/mol. The van der Waals surface area contributed by atoms with Crippen molar-refractivity contribution in [2.24, 2.45) is 0 Å². The quantitative estimate of drug-likeness (QED) is 0.411. The van der Waals surface area contributed by atoms with Crippen LogP contribution in [-0.4, -0.2) is 45.7 Å². The number of carboxylic acids is 1. The van der Waals surface area contributed by atoms with Crippen LogP contribution in [0.5, 0.6) is 11.5 Å². The van der Waals surface area contributed by atoms with E-state index in [1.54, 1.807) is 36.4 Å². The Hall–Kier alpha value is -3.95. The second-order valence-corrected chi connectivity index (χ2v) is 9.47. The molecule has 0 radical (unpaired) electrons. The second-order valence-electron chi connectivity index (χ2n) is 8.66. The molecule has 0 spiro atoms. The van der Waals surface area contributed by atoms with Gasteiger partial charge in [-0.3, -0.25) is 9.69 Å². The summed E-state index contributed by atoms with van der Waals surface area (Å²) in [6.07, 6.45) is -1.68. The number of carbonyl (C=O) groups is 3. The molecule has 0 aromatic heterocycles. The van der Waals surface area contributed by atoms with Crippen molar-refractivity contribution >= 4 is 46.9 Å². The first-order valence-corrected chi connectivity index (χ1v) is 12.0. The highest BCUT2D eigenvalue weighted by atomic mass is 35.5. The SMILES string of the molecule is O=C(Nc1ccc([C@H]2COc3cc4c(cc3O2)CN(C(=O)O)C(C(=O)O)C4)cc1)c1ccc(Cl)c(Cl)c1. The van der Waals surface area contributed by atoms with Crippen molar-refractivity contribution in [3.05, 3.63) is 86.9 Å². The summed E-state index contributed by atoms with van der Waals surface area (Å²) < 4.78 is 12.1. The van der Waals surface area contributed by atoms with E-state index in [2.05, 4.69) is 5.32 Å². The molecule has 2 amide bonds. The van der Waals surface area contributed by atoms with Gasteiger partial charge in [0.2, 0.25) is 0 Å². The third-order valence-electron chi connectivity index (χ3n) is 6.31. The number of carboxylic acid groups (broad SMARTS) is 2. The molecule has 2 atom stereocenters. The molecule has 11 heteroatoms. The predicted molar refractivity (Wildman–Crippen MR) is 135 cm³/mol. The summed E-state index contributed by atoms with van der Waals surface area (Å²) in [6.45, 7) is 0.167. The second kappa shape index (κ2) is 9.84. The van der Waals surface area contributed by atoms with Crippen LogP contribution in [0.25, 0.3) is 0 Å². The van der Waals surface area contributed by atoms with Crippen molar-refractivity contribution in [1.82, 2.24) is 4.90 Å². The predicted octanol–water partition coefficient (Wildman–Crippen LogP) is 5.25. The molecule has 190 valence electrons. The van der Waals surface area contributed by atoms with Gasteiger partial charge in [0.1, 0.15) is 12.6 Å². The third kappa shape index (κ3) is 5.00. The number of nitrogens with zero attached hydrogens (tertiary/aromatic N) is 1. The van der Waals surface area contributed by atoms with E-state index in [9.17, 15) is 24.6 Å². The number of halogens is 2. The van der Waals surface area contributed by atoms with Crippen LogP contribution in [0, 0.1) is 0 Å². The van der Waals surface area contributed by atoms with E-state index in [0.717, 1.165) is 10.5 Å². The maximum Gasteiger partial charge on any atom is 0.408 e. The first-order chi connectivity index (χ1) is 17.7. The Labute approximate surface area is 221 Å². The van der Waals surface area contributed by atoms with E-state index in [1.165, 1.54) is 6.07 Å². The van der Waals surface area contributed by atoms with E-state index in [-0.39, 0.29) is 30.5 Å². The summed E-state index contributed by atoms with van der Waals surface area (Å²) in [5.41, 5.74) is 3.15. The van der Waals surface area contributed by atoms with Crippen molar-refractivity contribution in [3.8, 4) is 11.5 Å². The van der Waals surface area contributed by atoms with Crippen LogP contribution in [0.3, 0.4) is 0 Å². The molecule has 5 rings (SSSR count). The number of fused-ring (bicyclic) bond motifs is 2. The fraction of sp³-hybridized carbons (Fsp3) is 0.192. The van der Waals surface area contributed by atoms with Crippen molar-refractivity contribution in [3.63, 3.8) is 0 Å². The zero-order valence-corrected chi connectivity index (χ0v) is 20.6. The standard InChI is InChI=1S/C26H20Cl2N2O7/c27-18-6-3-14(7-19(18)28)24(31)29-17-4-1-13(2-5-17)23-12-36-21-9-15-8-20(25(32)33)30(26(34)35)11-16(15)10-22(21)37-23/h1-7,9-10,20,23H,8,11-12H2,(H,29,31)(H,32,33)(H,34,35)/t20?,23-/m1/s1. The highest BCUT2D eigenvalue weighted by molar-refractivity contribution is 6.42. The molecule has 3 aromatic carbocycles. The van der Waals surface area contributed by atoms with Crippen LogP contribution >= 0.6 is 23.2 Å². The van der Waals surface area contributed by atoms with Crippen molar-refractivity contribution in [1.29, 1.82) is 0 Å². The lowest BCUT2D eigenvalue weighted by Gasteiger charge is -2.34. The number of ether oxygens (including phenoxy) is 2. The summed E-state index contributed by atoms with van der Waals surface area (Å²) in [4.78, 5) is 36.5.